The van der Waals surface area contributed by atoms with Gasteiger partial charge in [0.05, 0.1) is 17.1 Å². The highest BCUT2D eigenvalue weighted by Crippen LogP contribution is 2.52. The molecule has 214 valence electrons. The Kier molecular flexibility index (Phi) is 6.46. The van der Waals surface area contributed by atoms with Crippen LogP contribution in [-0.4, -0.2) is 15.0 Å². The van der Waals surface area contributed by atoms with Gasteiger partial charge in [0.1, 0.15) is 0 Å². The molecule has 0 atom stereocenters. The zero-order valence-corrected chi connectivity index (χ0v) is 25.3. The van der Waals surface area contributed by atoms with E-state index < -0.39 is 0 Å². The summed E-state index contributed by atoms with van der Waals surface area (Å²) in [5.74, 6) is 0.653. The summed E-state index contributed by atoms with van der Waals surface area (Å²) in [5, 5.41) is 0. The van der Waals surface area contributed by atoms with E-state index in [9.17, 15) is 0 Å². The van der Waals surface area contributed by atoms with E-state index in [4.69, 9.17) is 15.0 Å². The van der Waals surface area contributed by atoms with Crippen molar-refractivity contribution in [3.05, 3.63) is 163 Å². The molecule has 7 aromatic rings. The Labute approximate surface area is 264 Å². The lowest BCUT2D eigenvalue weighted by molar-refractivity contribution is 0.660. The SMILES string of the molecule is CC1(C)c2ccccc2-c2c(-c3cccc(-c4cc(-c5ccccc5)nc(-c5ccc(-c6ccccc6)nc5)n4)c3)cccc21. The molecule has 2 heterocycles. The van der Waals surface area contributed by atoms with Crippen LogP contribution >= 0.6 is 0 Å². The van der Waals surface area contributed by atoms with Crippen LogP contribution in [0.5, 0.6) is 0 Å². The molecule has 0 fully saturated rings. The summed E-state index contributed by atoms with van der Waals surface area (Å²) < 4.78 is 0. The van der Waals surface area contributed by atoms with Crippen molar-refractivity contribution in [3.8, 4) is 67.4 Å². The van der Waals surface area contributed by atoms with Crippen molar-refractivity contribution >= 4 is 0 Å². The number of aromatic nitrogens is 3. The number of hydrogen-bond donors (Lipinski definition) is 0. The van der Waals surface area contributed by atoms with Crippen molar-refractivity contribution in [2.24, 2.45) is 0 Å². The minimum atomic E-state index is -0.0458. The lowest BCUT2D eigenvalue weighted by atomic mass is 9.82. The first kappa shape index (κ1) is 26.9. The van der Waals surface area contributed by atoms with Crippen molar-refractivity contribution in [1.29, 1.82) is 0 Å². The van der Waals surface area contributed by atoms with Gasteiger partial charge in [-0.05, 0) is 57.6 Å². The van der Waals surface area contributed by atoms with E-state index in [0.717, 1.165) is 39.3 Å². The van der Waals surface area contributed by atoms with Gasteiger partial charge in [-0.25, -0.2) is 9.97 Å². The summed E-state index contributed by atoms with van der Waals surface area (Å²) in [6.07, 6.45) is 1.87. The van der Waals surface area contributed by atoms with Crippen molar-refractivity contribution in [2.75, 3.05) is 0 Å². The minimum absolute atomic E-state index is 0.0458. The third kappa shape index (κ3) is 4.74. The molecule has 0 saturated carbocycles. The average Bonchev–Trinajstić information content (AvgIpc) is 3.35. The van der Waals surface area contributed by atoms with Gasteiger partial charge < -0.3 is 0 Å². The van der Waals surface area contributed by atoms with E-state index in [-0.39, 0.29) is 5.41 Å². The van der Waals surface area contributed by atoms with Crippen molar-refractivity contribution in [3.63, 3.8) is 0 Å². The first-order valence-electron chi connectivity index (χ1n) is 15.4. The lowest BCUT2D eigenvalue weighted by Gasteiger charge is -2.21. The van der Waals surface area contributed by atoms with E-state index >= 15 is 0 Å². The van der Waals surface area contributed by atoms with Gasteiger partial charge in [0.15, 0.2) is 5.82 Å². The van der Waals surface area contributed by atoms with Crippen LogP contribution in [0.4, 0.5) is 0 Å². The molecule has 0 aliphatic heterocycles. The van der Waals surface area contributed by atoms with E-state index in [1.165, 1.54) is 33.4 Å². The predicted molar refractivity (Wildman–Crippen MR) is 185 cm³/mol. The van der Waals surface area contributed by atoms with Crippen LogP contribution in [0.15, 0.2) is 152 Å². The fourth-order valence-corrected chi connectivity index (χ4v) is 6.63. The normalized spacial score (nSPS) is 12.8. The maximum absolute atomic E-state index is 5.12. The van der Waals surface area contributed by atoms with E-state index in [1.807, 2.05) is 48.7 Å². The molecule has 0 radical (unpaired) electrons. The molecule has 0 unspecified atom stereocenters. The Morgan fingerprint density at radius 3 is 1.73 bits per heavy atom. The Morgan fingerprint density at radius 2 is 1.00 bits per heavy atom. The zero-order chi connectivity index (χ0) is 30.4. The molecule has 0 bridgehead atoms. The van der Waals surface area contributed by atoms with Crippen LogP contribution in [0, 0.1) is 0 Å². The third-order valence-corrected chi connectivity index (χ3v) is 8.96. The monoisotopic (exact) mass is 577 g/mol. The number of benzene rings is 5. The summed E-state index contributed by atoms with van der Waals surface area (Å²) in [6.45, 7) is 4.65. The smallest absolute Gasteiger partial charge is 0.161 e. The van der Waals surface area contributed by atoms with Crippen LogP contribution < -0.4 is 0 Å². The second-order valence-corrected chi connectivity index (χ2v) is 12.1. The Hall–Kier alpha value is -5.67. The molecule has 0 amide bonds. The van der Waals surface area contributed by atoms with Crippen LogP contribution in [0.2, 0.25) is 0 Å². The summed E-state index contributed by atoms with van der Waals surface area (Å²) in [7, 11) is 0. The van der Waals surface area contributed by atoms with Gasteiger partial charge in [0.2, 0.25) is 0 Å². The number of fused-ring (bicyclic) bond motifs is 3. The highest BCUT2D eigenvalue weighted by atomic mass is 14.9. The molecule has 0 saturated heterocycles. The van der Waals surface area contributed by atoms with Gasteiger partial charge in [-0.15, -0.1) is 0 Å². The van der Waals surface area contributed by atoms with Gasteiger partial charge >= 0.3 is 0 Å². The molecule has 0 spiro atoms. The largest absolute Gasteiger partial charge is 0.255 e. The number of pyridine rings is 1. The molecular weight excluding hydrogens is 546 g/mol. The van der Waals surface area contributed by atoms with Gasteiger partial charge in [-0.1, -0.05) is 135 Å². The Bertz CT molecular complexity index is 2170. The molecule has 3 heteroatoms. The van der Waals surface area contributed by atoms with E-state index in [2.05, 4.69) is 117 Å². The highest BCUT2D eigenvalue weighted by Gasteiger charge is 2.36. The van der Waals surface area contributed by atoms with Crippen molar-refractivity contribution < 1.29 is 0 Å². The quantitative estimate of drug-likeness (QED) is 0.204. The minimum Gasteiger partial charge on any atom is -0.255 e. The van der Waals surface area contributed by atoms with Gasteiger partial charge in [-0.2, -0.15) is 0 Å². The Balaban J connectivity index is 1.25. The van der Waals surface area contributed by atoms with Gasteiger partial charge in [-0.3, -0.25) is 4.98 Å². The highest BCUT2D eigenvalue weighted by molar-refractivity contribution is 5.93. The summed E-state index contributed by atoms with van der Waals surface area (Å²) >= 11 is 0. The fourth-order valence-electron chi connectivity index (χ4n) is 6.63. The predicted octanol–water partition coefficient (Wildman–Crippen LogP) is 10.5. The zero-order valence-electron chi connectivity index (χ0n) is 25.3. The lowest BCUT2D eigenvalue weighted by Crippen LogP contribution is -2.14. The fraction of sp³-hybridized carbons (Fsp3) is 0.0714. The third-order valence-electron chi connectivity index (χ3n) is 8.96. The summed E-state index contributed by atoms with van der Waals surface area (Å²) in [4.78, 5) is 14.9. The molecule has 1 aliphatic carbocycles. The molecule has 0 N–H and O–H groups in total. The van der Waals surface area contributed by atoms with Crippen LogP contribution in [-0.2, 0) is 5.41 Å². The molecule has 2 aromatic heterocycles. The topological polar surface area (TPSA) is 38.7 Å². The first-order valence-corrected chi connectivity index (χ1v) is 15.4. The van der Waals surface area contributed by atoms with Crippen LogP contribution in [0.1, 0.15) is 25.0 Å². The standard InChI is InChI=1S/C42H31N3/c1-42(2)35-21-10-9-19-34(35)40-33(20-12-22-36(40)42)30-17-11-18-31(25-30)39-26-38(29-15-7-4-8-16-29)44-41(45-39)32-23-24-37(43-27-32)28-13-5-3-6-14-28/h3-27H,1-2H3. The molecule has 5 aromatic carbocycles. The molecule has 1 aliphatic rings. The number of nitrogens with zero attached hydrogens (tertiary/aromatic N) is 3. The molecule has 45 heavy (non-hydrogen) atoms. The summed E-state index contributed by atoms with van der Waals surface area (Å²) in [5.41, 5.74) is 14.5. The number of rotatable bonds is 5. The maximum Gasteiger partial charge on any atom is 0.161 e. The Morgan fingerprint density at radius 1 is 0.422 bits per heavy atom. The van der Waals surface area contributed by atoms with E-state index in [0.29, 0.717) is 5.82 Å². The maximum atomic E-state index is 5.12. The average molecular weight is 578 g/mol. The first-order chi connectivity index (χ1) is 22.1. The van der Waals surface area contributed by atoms with Crippen LogP contribution in [0.25, 0.3) is 67.4 Å². The molecule has 8 rings (SSSR count). The van der Waals surface area contributed by atoms with Crippen molar-refractivity contribution in [2.45, 2.75) is 19.3 Å². The van der Waals surface area contributed by atoms with Gasteiger partial charge in [0, 0.05) is 33.9 Å². The number of hydrogen-bond acceptors (Lipinski definition) is 3. The van der Waals surface area contributed by atoms with Crippen molar-refractivity contribution in [1.82, 2.24) is 15.0 Å². The summed E-state index contributed by atoms with van der Waals surface area (Å²) in [6, 6.07) is 51.0. The second kappa shape index (κ2) is 10.8. The van der Waals surface area contributed by atoms with Gasteiger partial charge in [0.25, 0.3) is 0 Å². The second-order valence-electron chi connectivity index (χ2n) is 12.1. The van der Waals surface area contributed by atoms with E-state index in [1.54, 1.807) is 0 Å². The van der Waals surface area contributed by atoms with Crippen LogP contribution in [0.3, 0.4) is 0 Å². The molecular formula is C42H31N3. The molecule has 3 nitrogen and oxygen atoms in total.